The van der Waals surface area contributed by atoms with E-state index in [0.29, 0.717) is 19.7 Å². The lowest BCUT2D eigenvalue weighted by molar-refractivity contribution is -0.385. The number of hydrogen-bond donors (Lipinski definition) is 0. The number of ether oxygens (including phenoxy) is 2. The Balaban J connectivity index is 1.90. The predicted octanol–water partition coefficient (Wildman–Crippen LogP) is 3.49. The normalized spacial score (nSPS) is 15.2. The minimum absolute atomic E-state index is 0.0660. The van der Waals surface area contributed by atoms with Crippen LogP contribution in [0.15, 0.2) is 18.2 Å². The fourth-order valence-electron chi connectivity index (χ4n) is 2.72. The molecule has 1 fully saturated rings. The molecule has 1 aliphatic rings. The van der Waals surface area contributed by atoms with Crippen molar-refractivity contribution in [3.8, 4) is 11.8 Å². The van der Waals surface area contributed by atoms with Crippen molar-refractivity contribution >= 4 is 11.8 Å². The third-order valence-electron chi connectivity index (χ3n) is 4.05. The van der Waals surface area contributed by atoms with Crippen molar-refractivity contribution in [2.75, 3.05) is 19.7 Å². The molecule has 2 rings (SSSR count). The molecule has 1 saturated heterocycles. The van der Waals surface area contributed by atoms with Gasteiger partial charge in [-0.2, -0.15) is 5.26 Å². The smallest absolute Gasteiger partial charge is 0.410 e. The van der Waals surface area contributed by atoms with E-state index in [1.54, 1.807) is 11.0 Å². The number of benzene rings is 1. The van der Waals surface area contributed by atoms with Gasteiger partial charge in [0, 0.05) is 19.2 Å². The lowest BCUT2D eigenvalue weighted by Gasteiger charge is -2.33. The number of nitriles is 1. The van der Waals surface area contributed by atoms with E-state index in [-0.39, 0.29) is 29.0 Å². The number of carbonyl (C=O) groups is 1. The van der Waals surface area contributed by atoms with Crippen LogP contribution in [0.25, 0.3) is 0 Å². The standard InChI is InChI=1S/C18H23N3O5/c1-18(2,3)26-17(22)20-9-7-13(8-10-20)12-25-16-6-4-5-15(21(23)24)14(16)11-19/h4-6,13H,7-10,12H2,1-3H3. The average Bonchev–Trinajstić information content (AvgIpc) is 2.58. The van der Waals surface area contributed by atoms with Gasteiger partial charge in [0.25, 0.3) is 5.69 Å². The molecule has 0 aliphatic carbocycles. The summed E-state index contributed by atoms with van der Waals surface area (Å²) >= 11 is 0. The van der Waals surface area contributed by atoms with Crippen LogP contribution in [-0.4, -0.2) is 41.2 Å². The monoisotopic (exact) mass is 361 g/mol. The van der Waals surface area contributed by atoms with E-state index in [1.807, 2.05) is 26.8 Å². The molecule has 0 radical (unpaired) electrons. The maximum absolute atomic E-state index is 12.1. The van der Waals surface area contributed by atoms with Gasteiger partial charge in [0.1, 0.15) is 17.4 Å². The Hall–Kier alpha value is -2.82. The Bertz CT molecular complexity index is 713. The average molecular weight is 361 g/mol. The van der Waals surface area contributed by atoms with Gasteiger partial charge in [0.05, 0.1) is 11.5 Å². The minimum Gasteiger partial charge on any atom is -0.492 e. The molecular weight excluding hydrogens is 338 g/mol. The number of carbonyl (C=O) groups excluding carboxylic acids is 1. The van der Waals surface area contributed by atoms with Crippen LogP contribution >= 0.6 is 0 Å². The maximum atomic E-state index is 12.1. The quantitative estimate of drug-likeness (QED) is 0.600. The van der Waals surface area contributed by atoms with Crippen molar-refractivity contribution in [3.05, 3.63) is 33.9 Å². The molecular formula is C18H23N3O5. The summed E-state index contributed by atoms with van der Waals surface area (Å²) < 4.78 is 11.0. The summed E-state index contributed by atoms with van der Waals surface area (Å²) in [5.74, 6) is 0.427. The zero-order chi connectivity index (χ0) is 19.3. The molecule has 0 aromatic heterocycles. The van der Waals surface area contributed by atoms with Gasteiger partial charge in [-0.05, 0) is 45.6 Å². The van der Waals surface area contributed by atoms with Crippen LogP contribution in [0.2, 0.25) is 0 Å². The molecule has 0 saturated carbocycles. The van der Waals surface area contributed by atoms with E-state index in [9.17, 15) is 20.2 Å². The van der Waals surface area contributed by atoms with Gasteiger partial charge in [0.2, 0.25) is 0 Å². The number of hydrogen-bond acceptors (Lipinski definition) is 6. The molecule has 26 heavy (non-hydrogen) atoms. The van der Waals surface area contributed by atoms with Gasteiger partial charge < -0.3 is 14.4 Å². The van der Waals surface area contributed by atoms with Crippen LogP contribution in [-0.2, 0) is 4.74 Å². The lowest BCUT2D eigenvalue weighted by atomic mass is 9.98. The Kier molecular flexibility index (Phi) is 6.03. The van der Waals surface area contributed by atoms with Crippen LogP contribution in [0, 0.1) is 27.4 Å². The van der Waals surface area contributed by atoms with Gasteiger partial charge in [-0.25, -0.2) is 4.79 Å². The molecule has 1 heterocycles. The van der Waals surface area contributed by atoms with Gasteiger partial charge in [-0.1, -0.05) is 6.07 Å². The fourth-order valence-corrected chi connectivity index (χ4v) is 2.72. The number of nitro groups is 1. The van der Waals surface area contributed by atoms with Crippen LogP contribution < -0.4 is 4.74 Å². The maximum Gasteiger partial charge on any atom is 0.410 e. The van der Waals surface area contributed by atoms with Crippen molar-refractivity contribution in [2.24, 2.45) is 5.92 Å². The van der Waals surface area contributed by atoms with Crippen molar-refractivity contribution in [3.63, 3.8) is 0 Å². The lowest BCUT2D eigenvalue weighted by Crippen LogP contribution is -2.42. The number of rotatable bonds is 4. The van der Waals surface area contributed by atoms with Crippen LogP contribution in [0.5, 0.6) is 5.75 Å². The van der Waals surface area contributed by atoms with Gasteiger partial charge in [0.15, 0.2) is 5.56 Å². The van der Waals surface area contributed by atoms with Gasteiger partial charge in [-0.15, -0.1) is 0 Å². The Labute approximate surface area is 152 Å². The Morgan fingerprint density at radius 2 is 2.04 bits per heavy atom. The molecule has 140 valence electrons. The van der Waals surface area contributed by atoms with Crippen molar-refractivity contribution in [2.45, 2.75) is 39.2 Å². The summed E-state index contributed by atoms with van der Waals surface area (Å²) in [4.78, 5) is 24.1. The van der Waals surface area contributed by atoms with Crippen molar-refractivity contribution in [1.29, 1.82) is 5.26 Å². The first kappa shape index (κ1) is 19.5. The first-order valence-electron chi connectivity index (χ1n) is 8.49. The van der Waals surface area contributed by atoms with E-state index in [4.69, 9.17) is 9.47 Å². The highest BCUT2D eigenvalue weighted by Crippen LogP contribution is 2.28. The van der Waals surface area contributed by atoms with E-state index >= 15 is 0 Å². The SMILES string of the molecule is CC(C)(C)OC(=O)N1CCC(COc2cccc([N+](=O)[O-])c2C#N)CC1. The third kappa shape index (κ3) is 5.09. The van der Waals surface area contributed by atoms with Crippen molar-refractivity contribution in [1.82, 2.24) is 4.90 Å². The second-order valence-electron chi connectivity index (χ2n) is 7.24. The number of nitrogens with zero attached hydrogens (tertiary/aromatic N) is 3. The molecule has 1 aromatic carbocycles. The molecule has 0 bridgehead atoms. The number of amides is 1. The molecule has 1 aliphatic heterocycles. The fraction of sp³-hybridized carbons (Fsp3) is 0.556. The number of likely N-dealkylation sites (tertiary alicyclic amines) is 1. The summed E-state index contributed by atoms with van der Waals surface area (Å²) in [5, 5.41) is 20.2. The Morgan fingerprint density at radius 3 is 2.58 bits per heavy atom. The summed E-state index contributed by atoms with van der Waals surface area (Å²) in [7, 11) is 0. The summed E-state index contributed by atoms with van der Waals surface area (Å²) in [5.41, 5.74) is -0.847. The van der Waals surface area contributed by atoms with Gasteiger partial charge >= 0.3 is 6.09 Å². The highest BCUT2D eigenvalue weighted by atomic mass is 16.6. The molecule has 0 N–H and O–H groups in total. The molecule has 1 aromatic rings. The third-order valence-corrected chi connectivity index (χ3v) is 4.05. The second kappa shape index (κ2) is 8.04. The van der Waals surface area contributed by atoms with E-state index < -0.39 is 10.5 Å². The van der Waals surface area contributed by atoms with E-state index in [0.717, 1.165) is 12.8 Å². The largest absolute Gasteiger partial charge is 0.492 e. The molecule has 0 spiro atoms. The first-order valence-corrected chi connectivity index (χ1v) is 8.49. The van der Waals surface area contributed by atoms with Crippen molar-refractivity contribution < 1.29 is 19.2 Å². The van der Waals surface area contributed by atoms with Crippen LogP contribution in [0.3, 0.4) is 0 Å². The van der Waals surface area contributed by atoms with Gasteiger partial charge in [-0.3, -0.25) is 10.1 Å². The zero-order valence-electron chi connectivity index (χ0n) is 15.2. The summed E-state index contributed by atoms with van der Waals surface area (Å²) in [6.45, 7) is 6.98. The topological polar surface area (TPSA) is 106 Å². The molecule has 8 heteroatoms. The molecule has 8 nitrogen and oxygen atoms in total. The van der Waals surface area contributed by atoms with Crippen LogP contribution in [0.1, 0.15) is 39.2 Å². The summed E-state index contributed by atoms with van der Waals surface area (Å²) in [6, 6.07) is 6.18. The highest BCUT2D eigenvalue weighted by molar-refractivity contribution is 5.68. The van der Waals surface area contributed by atoms with E-state index in [2.05, 4.69) is 0 Å². The molecule has 1 amide bonds. The zero-order valence-corrected chi connectivity index (χ0v) is 15.2. The summed E-state index contributed by atoms with van der Waals surface area (Å²) in [6.07, 6.45) is 1.17. The Morgan fingerprint density at radius 1 is 1.38 bits per heavy atom. The number of piperidine rings is 1. The first-order chi connectivity index (χ1) is 12.2. The molecule has 0 unspecified atom stereocenters. The predicted molar refractivity (Wildman–Crippen MR) is 93.8 cm³/mol. The van der Waals surface area contributed by atoms with E-state index in [1.165, 1.54) is 12.1 Å². The second-order valence-corrected chi connectivity index (χ2v) is 7.24. The highest BCUT2D eigenvalue weighted by Gasteiger charge is 2.27. The molecule has 0 atom stereocenters. The van der Waals surface area contributed by atoms with Crippen LogP contribution in [0.4, 0.5) is 10.5 Å². The number of nitro benzene ring substituents is 1. The minimum atomic E-state index is -0.593.